The lowest BCUT2D eigenvalue weighted by Gasteiger charge is -2.39. The molecule has 1 heterocycles. The second-order valence-electron chi connectivity index (χ2n) is 14.8. The monoisotopic (exact) mass is 791 g/mol. The first-order valence-corrected chi connectivity index (χ1v) is 21.9. The summed E-state index contributed by atoms with van der Waals surface area (Å²) in [6.07, 6.45) is 36.6. The molecule has 0 saturated carbocycles. The van der Waals surface area contributed by atoms with E-state index in [2.05, 4.69) is 68.5 Å². The summed E-state index contributed by atoms with van der Waals surface area (Å²) in [5.41, 5.74) is 0. The molecule has 4 N–H and O–H groups in total. The Balaban J connectivity index is 2.39. The molecule has 2 unspecified atom stereocenters. The fraction of sp³-hybridized carbons (Fsp3) is 0.739. The maximum absolute atomic E-state index is 12.7. The van der Waals surface area contributed by atoms with Gasteiger partial charge in [0.1, 0.15) is 31.0 Å². The highest BCUT2D eigenvalue weighted by Crippen LogP contribution is 2.22. The second kappa shape index (κ2) is 36.7. The molecular weight excluding hydrogens is 712 g/mol. The van der Waals surface area contributed by atoms with Gasteiger partial charge in [-0.2, -0.15) is 0 Å². The zero-order valence-electron chi connectivity index (χ0n) is 34.9. The molecule has 0 aromatic carbocycles. The molecule has 6 atom stereocenters. The number of hydrogen-bond acceptors (Lipinski definition) is 10. The molecule has 56 heavy (non-hydrogen) atoms. The van der Waals surface area contributed by atoms with Crippen molar-refractivity contribution in [2.75, 3.05) is 19.8 Å². The molecule has 1 rings (SSSR count). The van der Waals surface area contributed by atoms with Gasteiger partial charge in [0, 0.05) is 12.8 Å². The fourth-order valence-corrected chi connectivity index (χ4v) is 6.22. The molecule has 0 aromatic rings. The Labute approximate surface area is 339 Å². The smallest absolute Gasteiger partial charge is 0.306 e. The Morgan fingerprint density at radius 2 is 1.05 bits per heavy atom. The molecule has 0 radical (unpaired) electrons. The summed E-state index contributed by atoms with van der Waals surface area (Å²) in [6, 6.07) is 0. The van der Waals surface area contributed by atoms with E-state index >= 15 is 0 Å². The average molecular weight is 791 g/mol. The second-order valence-corrected chi connectivity index (χ2v) is 14.8. The molecule has 0 aromatic heterocycles. The Hall–Kier alpha value is -2.60. The molecule has 0 spiro atoms. The van der Waals surface area contributed by atoms with Crippen LogP contribution in [0.25, 0.3) is 0 Å². The van der Waals surface area contributed by atoms with Crippen LogP contribution in [-0.2, 0) is 28.5 Å². The van der Waals surface area contributed by atoms with Gasteiger partial charge in [0.2, 0.25) is 0 Å². The number of rotatable bonds is 35. The van der Waals surface area contributed by atoms with Gasteiger partial charge in [-0.25, -0.2) is 0 Å². The SMILES string of the molecule is CC/C=C/C/C=C/C/C=C/C/C=C/C/C=C/CCCC(=O)OC[C@@H](CO[C@H]1O[C@@H](CO)[C@@H](O)C(O)C1O)OC(=O)CCCCCCCCCCCCCCCC. The standard InChI is InChI=1S/C46H78O10/c1-3-5-7-9-11-13-15-17-19-20-21-23-24-26-28-30-32-34-41(48)53-37-39(38-54-46-45(52)44(51)43(50)40(36-47)56-46)55-42(49)35-33-31-29-27-25-22-18-16-14-12-10-8-6-4-2/h5,7,11,13,17,19,21,23,26,28,39-40,43-47,50-52H,3-4,6,8-10,12,14-16,18,20,22,24-25,27,29-38H2,1-2H3/b7-5+,13-11+,19-17+,23-21+,28-26+/t39-,40-,43+,44?,45?,46-/m0/s1. The van der Waals surface area contributed by atoms with E-state index in [1.165, 1.54) is 64.2 Å². The van der Waals surface area contributed by atoms with Gasteiger partial charge in [-0.3, -0.25) is 9.59 Å². The summed E-state index contributed by atoms with van der Waals surface area (Å²) in [4.78, 5) is 25.3. The molecular formula is C46H78O10. The number of carbonyl (C=O) groups excluding carboxylic acids is 2. The van der Waals surface area contributed by atoms with Gasteiger partial charge in [-0.15, -0.1) is 0 Å². The predicted molar refractivity (Wildman–Crippen MR) is 224 cm³/mol. The van der Waals surface area contributed by atoms with Gasteiger partial charge >= 0.3 is 11.9 Å². The summed E-state index contributed by atoms with van der Waals surface area (Å²) in [7, 11) is 0. The van der Waals surface area contributed by atoms with Crippen LogP contribution in [0.1, 0.15) is 162 Å². The van der Waals surface area contributed by atoms with E-state index in [1.54, 1.807) is 0 Å². The van der Waals surface area contributed by atoms with Gasteiger partial charge < -0.3 is 39.4 Å². The minimum absolute atomic E-state index is 0.196. The zero-order chi connectivity index (χ0) is 40.9. The maximum atomic E-state index is 12.7. The molecule has 1 fully saturated rings. The van der Waals surface area contributed by atoms with E-state index in [0.29, 0.717) is 12.8 Å². The number of hydrogen-bond donors (Lipinski definition) is 4. The topological polar surface area (TPSA) is 152 Å². The van der Waals surface area contributed by atoms with Gasteiger partial charge in [-0.1, -0.05) is 158 Å². The number of allylic oxidation sites excluding steroid dienone is 10. The lowest BCUT2D eigenvalue weighted by Crippen LogP contribution is -2.59. The van der Waals surface area contributed by atoms with Gasteiger partial charge in [-0.05, 0) is 51.4 Å². The number of esters is 2. The summed E-state index contributed by atoms with van der Waals surface area (Å²) < 4.78 is 22.1. The maximum Gasteiger partial charge on any atom is 0.306 e. The molecule has 0 amide bonds. The van der Waals surface area contributed by atoms with Crippen LogP contribution >= 0.6 is 0 Å². The predicted octanol–water partition coefficient (Wildman–Crippen LogP) is 9.05. The van der Waals surface area contributed by atoms with Crippen LogP contribution in [0.5, 0.6) is 0 Å². The van der Waals surface area contributed by atoms with Crippen molar-refractivity contribution in [1.82, 2.24) is 0 Å². The minimum atomic E-state index is -1.60. The number of ether oxygens (including phenoxy) is 4. The first kappa shape index (κ1) is 51.4. The van der Waals surface area contributed by atoms with Crippen LogP contribution in [0.2, 0.25) is 0 Å². The fourth-order valence-electron chi connectivity index (χ4n) is 6.22. The van der Waals surface area contributed by atoms with Crippen molar-refractivity contribution < 1.29 is 49.0 Å². The molecule has 0 bridgehead atoms. The zero-order valence-corrected chi connectivity index (χ0v) is 34.9. The summed E-state index contributed by atoms with van der Waals surface area (Å²) in [5.74, 6) is -0.876. The average Bonchev–Trinajstić information content (AvgIpc) is 3.19. The lowest BCUT2D eigenvalue weighted by molar-refractivity contribution is -0.305. The third-order valence-electron chi connectivity index (χ3n) is 9.67. The first-order chi connectivity index (χ1) is 27.3. The third-order valence-corrected chi connectivity index (χ3v) is 9.67. The van der Waals surface area contributed by atoms with Crippen molar-refractivity contribution in [3.63, 3.8) is 0 Å². The Morgan fingerprint density at radius 1 is 0.571 bits per heavy atom. The normalized spacial score (nSPS) is 21.0. The quantitative estimate of drug-likeness (QED) is 0.0278. The largest absolute Gasteiger partial charge is 0.462 e. The van der Waals surface area contributed by atoms with E-state index in [-0.39, 0.29) is 26.1 Å². The van der Waals surface area contributed by atoms with E-state index < -0.39 is 55.4 Å². The highest BCUT2D eigenvalue weighted by atomic mass is 16.7. The number of aliphatic hydroxyl groups excluding tert-OH is 4. The van der Waals surface area contributed by atoms with Crippen LogP contribution in [0.15, 0.2) is 60.8 Å². The van der Waals surface area contributed by atoms with Crippen molar-refractivity contribution in [1.29, 1.82) is 0 Å². The van der Waals surface area contributed by atoms with Crippen molar-refractivity contribution >= 4 is 11.9 Å². The lowest BCUT2D eigenvalue weighted by atomic mass is 9.99. The van der Waals surface area contributed by atoms with Crippen molar-refractivity contribution in [2.45, 2.75) is 198 Å². The number of aliphatic hydroxyl groups is 4. The van der Waals surface area contributed by atoms with Gasteiger partial charge in [0.25, 0.3) is 0 Å². The summed E-state index contributed by atoms with van der Waals surface area (Å²) in [6.45, 7) is 3.24. The summed E-state index contributed by atoms with van der Waals surface area (Å²) in [5, 5.41) is 40.0. The summed E-state index contributed by atoms with van der Waals surface area (Å²) >= 11 is 0. The molecule has 1 aliphatic rings. The molecule has 1 saturated heterocycles. The van der Waals surface area contributed by atoms with Crippen LogP contribution < -0.4 is 0 Å². The molecule has 0 aliphatic carbocycles. The highest BCUT2D eigenvalue weighted by molar-refractivity contribution is 5.70. The van der Waals surface area contributed by atoms with Crippen molar-refractivity contribution in [3.05, 3.63) is 60.8 Å². The molecule has 322 valence electrons. The van der Waals surface area contributed by atoms with Gasteiger partial charge in [0.15, 0.2) is 12.4 Å². The van der Waals surface area contributed by atoms with Crippen molar-refractivity contribution in [2.24, 2.45) is 0 Å². The Morgan fingerprint density at radius 3 is 1.57 bits per heavy atom. The van der Waals surface area contributed by atoms with Crippen molar-refractivity contribution in [3.8, 4) is 0 Å². The molecule has 1 aliphatic heterocycles. The van der Waals surface area contributed by atoms with E-state index in [9.17, 15) is 30.0 Å². The highest BCUT2D eigenvalue weighted by Gasteiger charge is 2.44. The van der Waals surface area contributed by atoms with E-state index in [1.807, 2.05) is 6.08 Å². The van der Waals surface area contributed by atoms with Crippen LogP contribution in [0.3, 0.4) is 0 Å². The molecule has 10 nitrogen and oxygen atoms in total. The first-order valence-electron chi connectivity index (χ1n) is 21.9. The third kappa shape index (κ3) is 27.9. The minimum Gasteiger partial charge on any atom is -0.462 e. The van der Waals surface area contributed by atoms with Crippen LogP contribution in [-0.4, -0.2) is 89.0 Å². The van der Waals surface area contributed by atoms with Gasteiger partial charge in [0.05, 0.1) is 13.2 Å². The molecule has 10 heteroatoms. The Bertz CT molecular complexity index is 1100. The van der Waals surface area contributed by atoms with E-state index in [0.717, 1.165) is 57.8 Å². The van der Waals surface area contributed by atoms with Crippen LogP contribution in [0, 0.1) is 0 Å². The number of carbonyl (C=O) groups is 2. The Kier molecular flexibility index (Phi) is 33.7. The van der Waals surface area contributed by atoms with Crippen LogP contribution in [0.4, 0.5) is 0 Å². The number of unbranched alkanes of at least 4 members (excludes halogenated alkanes) is 14. The van der Waals surface area contributed by atoms with E-state index in [4.69, 9.17) is 18.9 Å².